The summed E-state index contributed by atoms with van der Waals surface area (Å²) in [6, 6.07) is 7.79. The zero-order valence-corrected chi connectivity index (χ0v) is 13.1. The van der Waals surface area contributed by atoms with Gasteiger partial charge in [0.15, 0.2) is 0 Å². The van der Waals surface area contributed by atoms with Crippen LogP contribution in [-0.4, -0.2) is 22.6 Å². The van der Waals surface area contributed by atoms with Crippen LogP contribution in [0.3, 0.4) is 0 Å². The van der Waals surface area contributed by atoms with Crippen LogP contribution in [0.15, 0.2) is 34.5 Å². The van der Waals surface area contributed by atoms with Gasteiger partial charge in [-0.15, -0.1) is 11.3 Å². The predicted octanol–water partition coefficient (Wildman–Crippen LogP) is 3.22. The third-order valence-electron chi connectivity index (χ3n) is 2.47. The fourth-order valence-electron chi connectivity index (χ4n) is 1.52. The SMILES string of the molecule is COc1ccc(NS(=O)(=O)c2ccc(Cl)s2)c(OC)c1. The van der Waals surface area contributed by atoms with Crippen molar-refractivity contribution in [1.82, 2.24) is 0 Å². The second-order valence-electron chi connectivity index (χ2n) is 3.73. The molecule has 1 aromatic heterocycles. The van der Waals surface area contributed by atoms with Crippen LogP contribution < -0.4 is 14.2 Å². The van der Waals surface area contributed by atoms with E-state index in [1.54, 1.807) is 18.2 Å². The van der Waals surface area contributed by atoms with Gasteiger partial charge < -0.3 is 9.47 Å². The number of thiophene rings is 1. The number of anilines is 1. The normalized spacial score (nSPS) is 11.2. The highest BCUT2D eigenvalue weighted by atomic mass is 35.5. The first-order chi connectivity index (χ1) is 9.46. The first kappa shape index (κ1) is 15.0. The number of hydrogen-bond donors (Lipinski definition) is 1. The molecule has 0 fully saturated rings. The van der Waals surface area contributed by atoms with Gasteiger partial charge in [-0.05, 0) is 24.3 Å². The summed E-state index contributed by atoms with van der Waals surface area (Å²) in [5.74, 6) is 0.944. The summed E-state index contributed by atoms with van der Waals surface area (Å²) < 4.78 is 37.6. The lowest BCUT2D eigenvalue weighted by atomic mass is 10.3. The number of methoxy groups -OCH3 is 2. The molecule has 20 heavy (non-hydrogen) atoms. The smallest absolute Gasteiger partial charge is 0.271 e. The molecule has 108 valence electrons. The summed E-state index contributed by atoms with van der Waals surface area (Å²) in [6.07, 6.45) is 0. The molecule has 0 aliphatic rings. The zero-order chi connectivity index (χ0) is 14.8. The number of halogens is 1. The van der Waals surface area contributed by atoms with Crippen LogP contribution in [0, 0.1) is 0 Å². The highest BCUT2D eigenvalue weighted by molar-refractivity contribution is 7.94. The maximum Gasteiger partial charge on any atom is 0.271 e. The van der Waals surface area contributed by atoms with Crippen LogP contribution in [0.5, 0.6) is 11.5 Å². The standard InChI is InChI=1S/C12H12ClNO4S2/c1-17-8-3-4-9(10(7-8)18-2)14-20(15,16)12-6-5-11(13)19-12/h3-7,14H,1-2H3. The monoisotopic (exact) mass is 333 g/mol. The Morgan fingerprint density at radius 3 is 2.45 bits per heavy atom. The number of rotatable bonds is 5. The molecule has 0 atom stereocenters. The third kappa shape index (κ3) is 3.17. The molecule has 2 rings (SSSR count). The van der Waals surface area contributed by atoms with Gasteiger partial charge in [-0.25, -0.2) is 8.42 Å². The Morgan fingerprint density at radius 1 is 1.15 bits per heavy atom. The van der Waals surface area contributed by atoms with Crippen LogP contribution in [-0.2, 0) is 10.0 Å². The molecule has 0 radical (unpaired) electrons. The molecular formula is C12H12ClNO4S2. The molecule has 1 aromatic carbocycles. The Morgan fingerprint density at radius 2 is 1.90 bits per heavy atom. The fraction of sp³-hybridized carbons (Fsp3) is 0.167. The minimum atomic E-state index is -3.68. The number of hydrogen-bond acceptors (Lipinski definition) is 5. The molecule has 0 bridgehead atoms. The van der Waals surface area contributed by atoms with Crippen molar-refractivity contribution in [3.8, 4) is 11.5 Å². The molecule has 0 aliphatic heterocycles. The van der Waals surface area contributed by atoms with Crippen molar-refractivity contribution in [2.24, 2.45) is 0 Å². The van der Waals surface area contributed by atoms with E-state index in [1.165, 1.54) is 26.4 Å². The Balaban J connectivity index is 2.34. The molecule has 0 aliphatic carbocycles. The summed E-state index contributed by atoms with van der Waals surface area (Å²) >= 11 is 6.74. The summed E-state index contributed by atoms with van der Waals surface area (Å²) in [6.45, 7) is 0. The Hall–Kier alpha value is -1.44. The van der Waals surface area contributed by atoms with Gasteiger partial charge in [0.25, 0.3) is 10.0 Å². The molecule has 2 aromatic rings. The molecule has 1 N–H and O–H groups in total. The minimum Gasteiger partial charge on any atom is -0.497 e. The Labute approximate surface area is 126 Å². The van der Waals surface area contributed by atoms with Gasteiger partial charge in [0.05, 0.1) is 24.2 Å². The minimum absolute atomic E-state index is 0.139. The first-order valence-electron chi connectivity index (χ1n) is 5.46. The van der Waals surface area contributed by atoms with Crippen molar-refractivity contribution in [2.75, 3.05) is 18.9 Å². The van der Waals surface area contributed by atoms with E-state index in [-0.39, 0.29) is 4.21 Å². The van der Waals surface area contributed by atoms with E-state index in [0.29, 0.717) is 21.5 Å². The van der Waals surface area contributed by atoms with E-state index < -0.39 is 10.0 Å². The van der Waals surface area contributed by atoms with E-state index in [2.05, 4.69) is 4.72 Å². The van der Waals surface area contributed by atoms with Crippen LogP contribution in [0.4, 0.5) is 5.69 Å². The molecule has 8 heteroatoms. The van der Waals surface area contributed by atoms with Gasteiger partial charge in [-0.2, -0.15) is 0 Å². The summed E-state index contributed by atoms with van der Waals surface area (Å²) in [5, 5.41) is 0. The molecule has 0 saturated heterocycles. The molecule has 5 nitrogen and oxygen atoms in total. The maximum absolute atomic E-state index is 12.2. The van der Waals surface area contributed by atoms with Crippen LogP contribution in [0.25, 0.3) is 0 Å². The number of ether oxygens (including phenoxy) is 2. The lowest BCUT2D eigenvalue weighted by molar-refractivity contribution is 0.395. The second kappa shape index (κ2) is 5.90. The molecule has 0 unspecified atom stereocenters. The predicted molar refractivity (Wildman–Crippen MR) is 79.7 cm³/mol. The average molecular weight is 334 g/mol. The highest BCUT2D eigenvalue weighted by Crippen LogP contribution is 2.32. The number of nitrogens with one attached hydrogen (secondary N) is 1. The van der Waals surface area contributed by atoms with Gasteiger partial charge >= 0.3 is 0 Å². The molecular weight excluding hydrogens is 322 g/mol. The van der Waals surface area contributed by atoms with Crippen molar-refractivity contribution in [3.05, 3.63) is 34.7 Å². The van der Waals surface area contributed by atoms with Gasteiger partial charge in [-0.1, -0.05) is 11.6 Å². The Kier molecular flexibility index (Phi) is 4.42. The van der Waals surface area contributed by atoms with Crippen LogP contribution in [0.2, 0.25) is 4.34 Å². The van der Waals surface area contributed by atoms with Gasteiger partial charge in [0.2, 0.25) is 0 Å². The van der Waals surface area contributed by atoms with Crippen molar-refractivity contribution >= 4 is 38.6 Å². The van der Waals surface area contributed by atoms with Crippen molar-refractivity contribution in [1.29, 1.82) is 0 Å². The third-order valence-corrected chi connectivity index (χ3v) is 5.55. The van der Waals surface area contributed by atoms with E-state index >= 15 is 0 Å². The van der Waals surface area contributed by atoms with Crippen molar-refractivity contribution < 1.29 is 17.9 Å². The first-order valence-corrected chi connectivity index (χ1v) is 8.14. The van der Waals surface area contributed by atoms with Gasteiger partial charge in [0, 0.05) is 6.07 Å². The summed E-state index contributed by atoms with van der Waals surface area (Å²) in [5.41, 5.74) is 0.331. The van der Waals surface area contributed by atoms with Gasteiger partial charge in [0.1, 0.15) is 15.7 Å². The number of sulfonamides is 1. The lowest BCUT2D eigenvalue weighted by Gasteiger charge is -2.12. The lowest BCUT2D eigenvalue weighted by Crippen LogP contribution is -2.12. The van der Waals surface area contributed by atoms with Crippen LogP contribution >= 0.6 is 22.9 Å². The van der Waals surface area contributed by atoms with Gasteiger partial charge in [-0.3, -0.25) is 4.72 Å². The number of benzene rings is 1. The van der Waals surface area contributed by atoms with Crippen molar-refractivity contribution in [2.45, 2.75) is 4.21 Å². The van der Waals surface area contributed by atoms with E-state index in [1.807, 2.05) is 0 Å². The molecule has 1 heterocycles. The fourth-order valence-corrected chi connectivity index (χ4v) is 4.07. The summed E-state index contributed by atoms with van der Waals surface area (Å²) in [7, 11) is -0.708. The maximum atomic E-state index is 12.2. The average Bonchev–Trinajstić information content (AvgIpc) is 2.86. The quantitative estimate of drug-likeness (QED) is 0.912. The topological polar surface area (TPSA) is 64.6 Å². The van der Waals surface area contributed by atoms with E-state index in [9.17, 15) is 8.42 Å². The van der Waals surface area contributed by atoms with E-state index in [0.717, 1.165) is 11.3 Å². The molecule has 0 saturated carbocycles. The van der Waals surface area contributed by atoms with Crippen molar-refractivity contribution in [3.63, 3.8) is 0 Å². The largest absolute Gasteiger partial charge is 0.497 e. The molecule has 0 spiro atoms. The second-order valence-corrected chi connectivity index (χ2v) is 7.35. The summed E-state index contributed by atoms with van der Waals surface area (Å²) in [4.78, 5) is 0. The molecule has 0 amide bonds. The van der Waals surface area contributed by atoms with Crippen LogP contribution in [0.1, 0.15) is 0 Å². The zero-order valence-electron chi connectivity index (χ0n) is 10.7. The van der Waals surface area contributed by atoms with E-state index in [4.69, 9.17) is 21.1 Å². The Bertz CT molecular complexity index is 712. The highest BCUT2D eigenvalue weighted by Gasteiger charge is 2.19.